The lowest BCUT2D eigenvalue weighted by Gasteiger charge is -2.40. The Labute approximate surface area is 308 Å². The molecule has 0 aliphatic carbocycles. The summed E-state index contributed by atoms with van der Waals surface area (Å²) < 4.78 is 20.2. The van der Waals surface area contributed by atoms with Crippen molar-refractivity contribution < 1.29 is 28.9 Å². The van der Waals surface area contributed by atoms with Crippen LogP contribution in [-0.4, -0.2) is 63.3 Å². The van der Waals surface area contributed by atoms with E-state index in [0.717, 1.165) is 76.9 Å². The molecule has 4 aromatic carbocycles. The van der Waals surface area contributed by atoms with E-state index in [1.165, 1.54) is 6.92 Å². The highest BCUT2D eigenvalue weighted by atomic mass is 16.7. The number of ether oxygens (including phenoxy) is 3. The number of H-pyrrole nitrogens is 1. The Morgan fingerprint density at radius 3 is 2.38 bits per heavy atom. The SMILES string of the molecule is CC(=O)O[C@@H](C)C(=O)NCc1cccc(-c2ccc([C@@H]3O[C@H](CN4CCC(n5c(=O)[nH]c6ccccc65)CC4)C[C@H](c4ccc(CO)cc4)O3)cc2)c1. The van der Waals surface area contributed by atoms with Crippen molar-refractivity contribution in [1.82, 2.24) is 19.8 Å². The zero-order valence-corrected chi connectivity index (χ0v) is 30.1. The lowest BCUT2D eigenvalue weighted by molar-refractivity contribution is -0.253. The van der Waals surface area contributed by atoms with E-state index in [-0.39, 0.29) is 36.5 Å². The van der Waals surface area contributed by atoms with Crippen LogP contribution in [0.25, 0.3) is 22.2 Å². The fourth-order valence-corrected chi connectivity index (χ4v) is 7.45. The number of nitrogens with one attached hydrogen (secondary N) is 2. The number of imidazole rings is 1. The van der Waals surface area contributed by atoms with Gasteiger partial charge in [0.05, 0.1) is 29.8 Å². The number of benzene rings is 4. The summed E-state index contributed by atoms with van der Waals surface area (Å²) >= 11 is 0. The van der Waals surface area contributed by atoms with E-state index in [1.807, 2.05) is 89.5 Å². The first kappa shape index (κ1) is 36.3. The third-order valence-corrected chi connectivity index (χ3v) is 10.2. The fourth-order valence-electron chi connectivity index (χ4n) is 7.45. The number of aromatic nitrogens is 2. The van der Waals surface area contributed by atoms with Gasteiger partial charge in [-0.15, -0.1) is 0 Å². The van der Waals surface area contributed by atoms with E-state index in [9.17, 15) is 19.5 Å². The maximum atomic E-state index is 12.9. The first-order valence-corrected chi connectivity index (χ1v) is 18.3. The van der Waals surface area contributed by atoms with Crippen LogP contribution in [0, 0.1) is 0 Å². The van der Waals surface area contributed by atoms with Crippen LogP contribution in [-0.2, 0) is 37.0 Å². The van der Waals surface area contributed by atoms with Gasteiger partial charge in [-0.2, -0.15) is 0 Å². The van der Waals surface area contributed by atoms with Crippen LogP contribution in [0.5, 0.6) is 0 Å². The molecule has 2 aliphatic heterocycles. The average Bonchev–Trinajstić information content (AvgIpc) is 3.52. The van der Waals surface area contributed by atoms with Gasteiger partial charge in [0.2, 0.25) is 0 Å². The summed E-state index contributed by atoms with van der Waals surface area (Å²) in [6.45, 7) is 5.59. The molecule has 3 heterocycles. The van der Waals surface area contributed by atoms with E-state index in [4.69, 9.17) is 14.2 Å². The molecule has 2 fully saturated rings. The number of hydrogen-bond donors (Lipinski definition) is 3. The van der Waals surface area contributed by atoms with Gasteiger partial charge < -0.3 is 34.5 Å². The van der Waals surface area contributed by atoms with E-state index in [0.29, 0.717) is 13.0 Å². The molecule has 0 unspecified atom stereocenters. The Balaban J connectivity index is 1.03. The summed E-state index contributed by atoms with van der Waals surface area (Å²) in [5, 5.41) is 12.4. The quantitative estimate of drug-likeness (QED) is 0.143. The lowest BCUT2D eigenvalue weighted by Crippen LogP contribution is -2.43. The van der Waals surface area contributed by atoms with Gasteiger partial charge >= 0.3 is 11.7 Å². The summed E-state index contributed by atoms with van der Waals surface area (Å²) in [4.78, 5) is 41.8. The Morgan fingerprint density at radius 1 is 0.906 bits per heavy atom. The second-order valence-electron chi connectivity index (χ2n) is 14.0. The Kier molecular flexibility index (Phi) is 11.2. The van der Waals surface area contributed by atoms with Gasteiger partial charge in [-0.25, -0.2) is 4.79 Å². The van der Waals surface area contributed by atoms with Gasteiger partial charge in [0, 0.05) is 51.1 Å². The first-order chi connectivity index (χ1) is 25.7. The zero-order valence-electron chi connectivity index (χ0n) is 30.1. The molecule has 11 heteroatoms. The van der Waals surface area contributed by atoms with Crippen LogP contribution in [0.4, 0.5) is 0 Å². The molecular formula is C42H46N4O7. The van der Waals surface area contributed by atoms with E-state index in [1.54, 1.807) is 6.92 Å². The molecule has 11 nitrogen and oxygen atoms in total. The number of aliphatic hydroxyl groups is 1. The van der Waals surface area contributed by atoms with Gasteiger partial charge in [0.1, 0.15) is 0 Å². The fraction of sp³-hybridized carbons (Fsp3) is 0.357. The molecule has 2 aliphatic rings. The van der Waals surface area contributed by atoms with Crippen molar-refractivity contribution in [2.24, 2.45) is 0 Å². The van der Waals surface area contributed by atoms with Crippen molar-refractivity contribution in [3.05, 3.63) is 130 Å². The van der Waals surface area contributed by atoms with Crippen molar-refractivity contribution in [3.63, 3.8) is 0 Å². The maximum absolute atomic E-state index is 12.9. The van der Waals surface area contributed by atoms with Crippen LogP contribution in [0.15, 0.2) is 102 Å². The standard InChI is InChI=1S/C42H46N4O7/c1-27(51-28(2)48)40(49)43-24-30-6-5-7-34(22-30)31-14-16-33(17-15-31)41-52-36(23-39(53-41)32-12-10-29(26-47)11-13-32)25-45-20-18-35(19-21-45)46-38-9-4-3-8-37(38)44-42(46)50/h3-17,22,27,35-36,39,41,47H,18-21,23-26H2,1-2H3,(H,43,49)(H,44,50)/t27-,36-,39+,41+/m0/s1. The highest BCUT2D eigenvalue weighted by Gasteiger charge is 2.34. The summed E-state index contributed by atoms with van der Waals surface area (Å²) in [6.07, 6.45) is 0.738. The molecule has 3 N–H and O–H groups in total. The highest BCUT2D eigenvalue weighted by Crippen LogP contribution is 2.39. The summed E-state index contributed by atoms with van der Waals surface area (Å²) in [5.41, 5.74) is 7.51. The van der Waals surface area contributed by atoms with Crippen LogP contribution in [0.2, 0.25) is 0 Å². The van der Waals surface area contributed by atoms with Crippen LogP contribution in [0.3, 0.4) is 0 Å². The third-order valence-electron chi connectivity index (χ3n) is 10.2. The molecule has 1 aromatic heterocycles. The van der Waals surface area contributed by atoms with Crippen LogP contribution < -0.4 is 11.0 Å². The summed E-state index contributed by atoms with van der Waals surface area (Å²) in [7, 11) is 0. The van der Waals surface area contributed by atoms with Gasteiger partial charge in [0.25, 0.3) is 5.91 Å². The normalized spacial score (nSPS) is 20.2. The molecule has 0 spiro atoms. The van der Waals surface area contributed by atoms with Gasteiger partial charge in [-0.05, 0) is 65.8 Å². The molecule has 5 aromatic rings. The molecule has 0 bridgehead atoms. The summed E-state index contributed by atoms with van der Waals surface area (Å²) in [6, 6.07) is 32.0. The third kappa shape index (κ3) is 8.60. The number of para-hydroxylation sites is 2. The number of amides is 1. The predicted molar refractivity (Wildman–Crippen MR) is 201 cm³/mol. The molecule has 53 heavy (non-hydrogen) atoms. The van der Waals surface area contributed by atoms with Crippen molar-refractivity contribution >= 4 is 22.9 Å². The van der Waals surface area contributed by atoms with Crippen molar-refractivity contribution in [3.8, 4) is 11.1 Å². The highest BCUT2D eigenvalue weighted by molar-refractivity contribution is 5.83. The topological polar surface area (TPSA) is 135 Å². The van der Waals surface area contributed by atoms with Crippen LogP contribution >= 0.6 is 0 Å². The molecule has 0 radical (unpaired) electrons. The number of fused-ring (bicyclic) bond motifs is 1. The number of hydrogen-bond acceptors (Lipinski definition) is 8. The minimum Gasteiger partial charge on any atom is -0.453 e. The minimum atomic E-state index is -0.859. The largest absolute Gasteiger partial charge is 0.453 e. The molecule has 0 saturated carbocycles. The maximum Gasteiger partial charge on any atom is 0.326 e. The predicted octanol–water partition coefficient (Wildman–Crippen LogP) is 5.94. The number of carbonyl (C=O) groups is 2. The second-order valence-corrected chi connectivity index (χ2v) is 14.0. The Bertz CT molecular complexity index is 2080. The van der Waals surface area contributed by atoms with Crippen molar-refractivity contribution in [2.45, 2.75) is 76.9 Å². The average molecular weight is 719 g/mol. The Morgan fingerprint density at radius 2 is 1.64 bits per heavy atom. The monoisotopic (exact) mass is 718 g/mol. The number of likely N-dealkylation sites (tertiary alicyclic amines) is 1. The number of aliphatic hydroxyl groups excluding tert-OH is 1. The lowest BCUT2D eigenvalue weighted by atomic mass is 9.98. The molecule has 2 saturated heterocycles. The molecule has 276 valence electrons. The number of carbonyl (C=O) groups excluding carboxylic acids is 2. The molecule has 1 amide bonds. The van der Waals surface area contributed by atoms with Crippen molar-refractivity contribution in [1.29, 1.82) is 0 Å². The molecule has 4 atom stereocenters. The van der Waals surface area contributed by atoms with Crippen molar-refractivity contribution in [2.75, 3.05) is 19.6 Å². The minimum absolute atomic E-state index is 0.0139. The van der Waals surface area contributed by atoms with Gasteiger partial charge in [0.15, 0.2) is 12.4 Å². The van der Waals surface area contributed by atoms with E-state index < -0.39 is 18.4 Å². The van der Waals surface area contributed by atoms with Gasteiger partial charge in [-0.1, -0.05) is 78.9 Å². The van der Waals surface area contributed by atoms with Crippen LogP contribution in [0.1, 0.15) is 73.8 Å². The van der Waals surface area contributed by atoms with E-state index >= 15 is 0 Å². The smallest absolute Gasteiger partial charge is 0.326 e. The number of rotatable bonds is 11. The number of esters is 1. The number of aromatic amines is 1. The Hall–Kier alpha value is -5.07. The van der Waals surface area contributed by atoms with Gasteiger partial charge in [-0.3, -0.25) is 14.2 Å². The molecule has 7 rings (SSSR count). The first-order valence-electron chi connectivity index (χ1n) is 18.3. The number of nitrogens with zero attached hydrogens (tertiary/aromatic N) is 2. The second kappa shape index (κ2) is 16.3. The zero-order chi connectivity index (χ0) is 36.9. The summed E-state index contributed by atoms with van der Waals surface area (Å²) in [5.74, 6) is -0.849. The molecular weight excluding hydrogens is 672 g/mol. The van der Waals surface area contributed by atoms with E-state index in [2.05, 4.69) is 27.3 Å². The number of piperidine rings is 1.